The first kappa shape index (κ1) is 22.5. The van der Waals surface area contributed by atoms with Gasteiger partial charge < -0.3 is 9.15 Å². The summed E-state index contributed by atoms with van der Waals surface area (Å²) in [6.45, 7) is 2.55. The molecule has 0 N–H and O–H groups in total. The van der Waals surface area contributed by atoms with Crippen LogP contribution in [-0.4, -0.2) is 40.8 Å². The van der Waals surface area contributed by atoms with Crippen LogP contribution in [0.1, 0.15) is 18.6 Å². The average Bonchev–Trinajstić information content (AvgIpc) is 3.58. The third-order valence-corrected chi connectivity index (χ3v) is 8.03. The minimum absolute atomic E-state index is 0.0808. The Morgan fingerprint density at radius 1 is 1.17 bits per heavy atom. The zero-order valence-electron chi connectivity index (χ0n) is 19.2. The van der Waals surface area contributed by atoms with Crippen molar-refractivity contribution in [1.29, 1.82) is 0 Å². The number of aromatic nitrogens is 2. The Balaban J connectivity index is 1.31. The van der Waals surface area contributed by atoms with E-state index >= 15 is 0 Å². The summed E-state index contributed by atoms with van der Waals surface area (Å²) < 4.78 is 13.7. The van der Waals surface area contributed by atoms with Crippen molar-refractivity contribution in [3.8, 4) is 16.1 Å². The summed E-state index contributed by atoms with van der Waals surface area (Å²) in [5, 5.41) is 1.66. The molecular weight excluding hydrogens is 482 g/mol. The van der Waals surface area contributed by atoms with Gasteiger partial charge in [-0.05, 0) is 67.4 Å². The molecule has 6 rings (SSSR count). The Bertz CT molecular complexity index is 1570. The zero-order chi connectivity index (χ0) is 23.9. The summed E-state index contributed by atoms with van der Waals surface area (Å²) >= 11 is 7.47. The predicted octanol–water partition coefficient (Wildman–Crippen LogP) is 6.12. The van der Waals surface area contributed by atoms with Gasteiger partial charge >= 0.3 is 0 Å². The van der Waals surface area contributed by atoms with Crippen LogP contribution < -0.4 is 5.56 Å². The van der Waals surface area contributed by atoms with Crippen molar-refractivity contribution in [3.63, 3.8) is 0 Å². The second-order valence-corrected chi connectivity index (χ2v) is 10.4. The van der Waals surface area contributed by atoms with Crippen LogP contribution in [0.5, 0.6) is 0 Å². The quantitative estimate of drug-likeness (QED) is 0.278. The van der Waals surface area contributed by atoms with E-state index in [9.17, 15) is 4.79 Å². The Labute approximate surface area is 211 Å². The number of rotatable bonds is 6. The van der Waals surface area contributed by atoms with E-state index in [0.29, 0.717) is 21.3 Å². The highest BCUT2D eigenvalue weighted by Crippen LogP contribution is 2.32. The number of likely N-dealkylation sites (tertiary alicyclic amines) is 1. The van der Waals surface area contributed by atoms with E-state index in [2.05, 4.69) is 16.0 Å². The lowest BCUT2D eigenvalue weighted by atomic mass is 10.2. The number of benzene rings is 2. The SMILES string of the molecule is COC[C@H]1CCCN1Cc1cc2cc(-n3cnc4cc(-c5ccc(Cl)cc5)sc4c3=O)ccc2o1. The summed E-state index contributed by atoms with van der Waals surface area (Å²) in [6.07, 6.45) is 3.93. The molecule has 6 nitrogen and oxygen atoms in total. The largest absolute Gasteiger partial charge is 0.460 e. The van der Waals surface area contributed by atoms with E-state index in [-0.39, 0.29) is 5.56 Å². The Morgan fingerprint density at radius 2 is 2.03 bits per heavy atom. The van der Waals surface area contributed by atoms with E-state index in [1.165, 1.54) is 17.8 Å². The second-order valence-electron chi connectivity index (χ2n) is 8.91. The fraction of sp³-hybridized carbons (Fsp3) is 0.259. The summed E-state index contributed by atoms with van der Waals surface area (Å²) in [5.74, 6) is 0.923. The number of furan rings is 1. The van der Waals surface area contributed by atoms with Crippen molar-refractivity contribution in [2.24, 2.45) is 0 Å². The van der Waals surface area contributed by atoms with Gasteiger partial charge in [0.2, 0.25) is 0 Å². The number of fused-ring (bicyclic) bond motifs is 2. The lowest BCUT2D eigenvalue weighted by Gasteiger charge is -2.22. The lowest BCUT2D eigenvalue weighted by Crippen LogP contribution is -2.32. The molecule has 0 unspecified atom stereocenters. The van der Waals surface area contributed by atoms with Crippen molar-refractivity contribution in [3.05, 3.63) is 82.1 Å². The van der Waals surface area contributed by atoms with Crippen LogP contribution in [0.2, 0.25) is 5.02 Å². The van der Waals surface area contributed by atoms with Crippen LogP contribution >= 0.6 is 22.9 Å². The molecule has 178 valence electrons. The average molecular weight is 506 g/mol. The molecule has 1 saturated heterocycles. The molecule has 8 heteroatoms. The standard InChI is InChI=1S/C27H24ClN3O3S/c1-33-15-21-3-2-10-30(21)14-22-12-18-11-20(8-9-24(18)34-22)31-16-29-23-13-25(35-26(23)27(31)32)17-4-6-19(28)7-5-17/h4-9,11-13,16,21H,2-3,10,14-15H2,1H3/t21-/m1/s1. The first-order chi connectivity index (χ1) is 17.1. The molecule has 2 aromatic carbocycles. The molecule has 1 fully saturated rings. The first-order valence-electron chi connectivity index (χ1n) is 11.6. The fourth-order valence-corrected chi connectivity index (χ4v) is 6.02. The van der Waals surface area contributed by atoms with Crippen LogP contribution in [0.3, 0.4) is 0 Å². The number of methoxy groups -OCH3 is 1. The normalized spacial score (nSPS) is 16.6. The number of thiophene rings is 1. The van der Waals surface area contributed by atoms with Gasteiger partial charge in [-0.2, -0.15) is 0 Å². The maximum atomic E-state index is 13.4. The maximum Gasteiger partial charge on any atom is 0.275 e. The highest BCUT2D eigenvalue weighted by atomic mass is 35.5. The van der Waals surface area contributed by atoms with E-state index in [1.54, 1.807) is 18.0 Å². The Morgan fingerprint density at radius 3 is 2.86 bits per heavy atom. The molecule has 0 radical (unpaired) electrons. The van der Waals surface area contributed by atoms with Crippen molar-refractivity contribution < 1.29 is 9.15 Å². The molecule has 3 aromatic heterocycles. The highest BCUT2D eigenvalue weighted by molar-refractivity contribution is 7.22. The van der Waals surface area contributed by atoms with Crippen LogP contribution in [0.15, 0.2) is 70.1 Å². The number of hydrogen-bond donors (Lipinski definition) is 0. The van der Waals surface area contributed by atoms with Gasteiger partial charge in [0.25, 0.3) is 5.56 Å². The van der Waals surface area contributed by atoms with Crippen LogP contribution in [0, 0.1) is 0 Å². The Hall–Kier alpha value is -2.97. The van der Waals surface area contributed by atoms with E-state index in [1.807, 2.05) is 48.5 Å². The van der Waals surface area contributed by atoms with Gasteiger partial charge in [-0.15, -0.1) is 11.3 Å². The molecule has 0 spiro atoms. The number of hydrogen-bond acceptors (Lipinski definition) is 6. The first-order valence-corrected chi connectivity index (χ1v) is 12.8. The number of nitrogens with zero attached hydrogens (tertiary/aromatic N) is 3. The van der Waals surface area contributed by atoms with Crippen LogP contribution in [-0.2, 0) is 11.3 Å². The van der Waals surface area contributed by atoms with Crippen LogP contribution in [0.4, 0.5) is 0 Å². The van der Waals surface area contributed by atoms with Gasteiger partial charge in [0.15, 0.2) is 0 Å². The van der Waals surface area contributed by atoms with E-state index in [0.717, 1.165) is 59.0 Å². The van der Waals surface area contributed by atoms with E-state index in [4.69, 9.17) is 20.8 Å². The van der Waals surface area contributed by atoms with Crippen molar-refractivity contribution in [1.82, 2.24) is 14.5 Å². The van der Waals surface area contributed by atoms with E-state index < -0.39 is 0 Å². The minimum atomic E-state index is -0.0808. The van der Waals surface area contributed by atoms with Gasteiger partial charge in [0.1, 0.15) is 22.4 Å². The van der Waals surface area contributed by atoms with Gasteiger partial charge in [-0.3, -0.25) is 14.3 Å². The van der Waals surface area contributed by atoms with Crippen LogP contribution in [0.25, 0.3) is 37.3 Å². The predicted molar refractivity (Wildman–Crippen MR) is 141 cm³/mol. The summed E-state index contributed by atoms with van der Waals surface area (Å²) in [7, 11) is 1.75. The molecule has 1 aliphatic heterocycles. The van der Waals surface area contributed by atoms with Gasteiger partial charge in [-0.25, -0.2) is 4.98 Å². The third kappa shape index (κ3) is 4.29. The smallest absolute Gasteiger partial charge is 0.275 e. The number of ether oxygens (including phenoxy) is 1. The molecule has 0 amide bonds. The zero-order valence-corrected chi connectivity index (χ0v) is 20.8. The summed E-state index contributed by atoms with van der Waals surface area (Å²) in [6, 6.07) is 17.9. The monoisotopic (exact) mass is 505 g/mol. The van der Waals surface area contributed by atoms with Crippen molar-refractivity contribution in [2.75, 3.05) is 20.3 Å². The maximum absolute atomic E-state index is 13.4. The third-order valence-electron chi connectivity index (χ3n) is 6.61. The van der Waals surface area contributed by atoms with Crippen molar-refractivity contribution >= 4 is 44.1 Å². The molecule has 35 heavy (non-hydrogen) atoms. The fourth-order valence-electron chi connectivity index (χ4n) is 4.85. The van der Waals surface area contributed by atoms with Gasteiger partial charge in [0.05, 0.1) is 24.4 Å². The molecule has 0 bridgehead atoms. The minimum Gasteiger partial charge on any atom is -0.460 e. The number of halogens is 1. The molecular formula is C27H24ClN3O3S. The Kier molecular flexibility index (Phi) is 5.94. The highest BCUT2D eigenvalue weighted by Gasteiger charge is 2.25. The molecule has 0 aliphatic carbocycles. The molecule has 5 aromatic rings. The molecule has 0 saturated carbocycles. The topological polar surface area (TPSA) is 60.5 Å². The van der Waals surface area contributed by atoms with Gasteiger partial charge in [-0.1, -0.05) is 23.7 Å². The second kappa shape index (κ2) is 9.24. The summed E-state index contributed by atoms with van der Waals surface area (Å²) in [5.41, 5.74) is 3.21. The molecule has 4 heterocycles. The van der Waals surface area contributed by atoms with Gasteiger partial charge in [0, 0.05) is 28.4 Å². The molecule has 1 atom stereocenters. The molecule has 1 aliphatic rings. The van der Waals surface area contributed by atoms with Crippen molar-refractivity contribution in [2.45, 2.75) is 25.4 Å². The summed E-state index contributed by atoms with van der Waals surface area (Å²) in [4.78, 5) is 21.3. The lowest BCUT2D eigenvalue weighted by molar-refractivity contribution is 0.108.